The lowest BCUT2D eigenvalue weighted by Gasteiger charge is -2.52. The van der Waals surface area contributed by atoms with E-state index < -0.39 is 40.8 Å². The first-order chi connectivity index (χ1) is 14.9. The topological polar surface area (TPSA) is 104 Å². The molecule has 0 unspecified atom stereocenters. The Morgan fingerprint density at radius 3 is 2.41 bits per heavy atom. The van der Waals surface area contributed by atoms with Crippen molar-refractivity contribution in [2.75, 3.05) is 6.61 Å². The summed E-state index contributed by atoms with van der Waals surface area (Å²) < 4.78 is 10.8. The summed E-state index contributed by atoms with van der Waals surface area (Å²) in [6, 6.07) is 0. The van der Waals surface area contributed by atoms with Gasteiger partial charge in [0.1, 0.15) is 0 Å². The second-order valence-corrected chi connectivity index (χ2v) is 10.1. The first-order valence-corrected chi connectivity index (χ1v) is 11.3. The molecule has 0 amide bonds. The van der Waals surface area contributed by atoms with Crippen molar-refractivity contribution in [2.45, 2.75) is 78.2 Å². The van der Waals surface area contributed by atoms with Crippen LogP contribution in [0.25, 0.3) is 0 Å². The smallest absolute Gasteiger partial charge is 0.303 e. The van der Waals surface area contributed by atoms with Crippen LogP contribution in [0.15, 0.2) is 22.8 Å². The molecule has 0 aromatic heterocycles. The van der Waals surface area contributed by atoms with E-state index in [0.717, 1.165) is 12.0 Å². The van der Waals surface area contributed by atoms with Gasteiger partial charge in [-0.15, -0.1) is 0 Å². The lowest BCUT2D eigenvalue weighted by molar-refractivity contribution is -0.183. The Hall–Kier alpha value is -2.57. The fourth-order valence-corrected chi connectivity index (χ4v) is 6.93. The highest BCUT2D eigenvalue weighted by Crippen LogP contribution is 2.65. The van der Waals surface area contributed by atoms with Crippen LogP contribution in [-0.2, 0) is 33.4 Å². The number of esters is 2. The predicted molar refractivity (Wildman–Crippen MR) is 113 cm³/mol. The summed E-state index contributed by atoms with van der Waals surface area (Å²) in [4.78, 5) is 61.0. The minimum atomic E-state index is -1.34. The molecule has 1 fully saturated rings. The zero-order chi connectivity index (χ0) is 23.5. The van der Waals surface area contributed by atoms with Crippen molar-refractivity contribution < 1.29 is 33.4 Å². The molecular weight excluding hydrogens is 412 g/mol. The molecule has 0 bridgehead atoms. The molecule has 0 spiro atoms. The van der Waals surface area contributed by atoms with Crippen LogP contribution < -0.4 is 0 Å². The number of carbonyl (C=O) groups is 5. The van der Waals surface area contributed by atoms with E-state index in [4.69, 9.17) is 9.47 Å². The third kappa shape index (κ3) is 3.11. The maximum Gasteiger partial charge on any atom is 0.303 e. The van der Waals surface area contributed by atoms with Crippen LogP contribution in [0.3, 0.4) is 0 Å². The van der Waals surface area contributed by atoms with E-state index in [9.17, 15) is 24.0 Å². The average Bonchev–Trinajstić information content (AvgIpc) is 3.00. The van der Waals surface area contributed by atoms with Crippen molar-refractivity contribution in [3.8, 4) is 0 Å². The SMILES string of the molecule is CC(=O)OCC(=O)[C@@]1(OC(C)=O)CC[C@H]2C3=C(CC[C@@]21C)[C@@]1(C)CC(=O)C(=O)C=C1CC3. The molecule has 0 N–H and O–H groups in total. The lowest BCUT2D eigenvalue weighted by atomic mass is 9.52. The van der Waals surface area contributed by atoms with Crippen molar-refractivity contribution in [3.63, 3.8) is 0 Å². The summed E-state index contributed by atoms with van der Waals surface area (Å²) in [5.41, 5.74) is 1.07. The monoisotopic (exact) mass is 442 g/mol. The van der Waals surface area contributed by atoms with Gasteiger partial charge in [0, 0.05) is 31.1 Å². The fraction of sp³-hybridized carbons (Fsp3) is 0.640. The van der Waals surface area contributed by atoms with Gasteiger partial charge in [-0.2, -0.15) is 0 Å². The Kier molecular flexibility index (Phi) is 5.30. The van der Waals surface area contributed by atoms with Gasteiger partial charge in [-0.1, -0.05) is 30.6 Å². The number of ether oxygens (including phenoxy) is 2. The minimum absolute atomic E-state index is 0.0259. The van der Waals surface area contributed by atoms with Crippen LogP contribution >= 0.6 is 0 Å². The standard InChI is InChI=1S/C25H30O7/c1-14(26)31-13-22(30)25(32-15(2)27)10-8-19-17-6-5-16-11-20(28)21(29)12-23(16,3)18(17)7-9-24(19,25)4/h11,19H,5-10,12-13H2,1-4H3/t19-,23-,24-,25-/m0/s1. The highest BCUT2D eigenvalue weighted by molar-refractivity contribution is 6.42. The highest BCUT2D eigenvalue weighted by atomic mass is 16.6. The van der Waals surface area contributed by atoms with Gasteiger partial charge in [-0.3, -0.25) is 24.0 Å². The van der Waals surface area contributed by atoms with E-state index in [1.165, 1.54) is 31.1 Å². The molecule has 1 saturated carbocycles. The maximum absolute atomic E-state index is 13.3. The van der Waals surface area contributed by atoms with Crippen molar-refractivity contribution in [2.24, 2.45) is 16.7 Å². The number of hydrogen-bond acceptors (Lipinski definition) is 7. The summed E-state index contributed by atoms with van der Waals surface area (Å²) in [5.74, 6) is -2.19. The molecule has 0 saturated heterocycles. The van der Waals surface area contributed by atoms with Gasteiger partial charge in [-0.25, -0.2) is 0 Å². The molecule has 4 atom stereocenters. The van der Waals surface area contributed by atoms with E-state index in [-0.39, 0.29) is 23.9 Å². The van der Waals surface area contributed by atoms with E-state index in [1.807, 2.05) is 6.92 Å². The van der Waals surface area contributed by atoms with Crippen LogP contribution in [0.2, 0.25) is 0 Å². The second-order valence-electron chi connectivity index (χ2n) is 10.1. The highest BCUT2D eigenvalue weighted by Gasteiger charge is 2.66. The molecule has 0 aromatic rings. The normalized spacial score (nSPS) is 36.0. The number of rotatable bonds is 4. The number of hydrogen-bond donors (Lipinski definition) is 0. The number of fused-ring (bicyclic) bond motifs is 4. The molecule has 0 radical (unpaired) electrons. The zero-order valence-electron chi connectivity index (χ0n) is 19.2. The molecule has 7 nitrogen and oxygen atoms in total. The average molecular weight is 443 g/mol. The maximum atomic E-state index is 13.3. The van der Waals surface area contributed by atoms with Crippen LogP contribution in [0, 0.1) is 16.7 Å². The Morgan fingerprint density at radius 2 is 1.75 bits per heavy atom. The number of allylic oxidation sites excluding steroid dienone is 4. The van der Waals surface area contributed by atoms with E-state index >= 15 is 0 Å². The van der Waals surface area contributed by atoms with Crippen molar-refractivity contribution in [3.05, 3.63) is 22.8 Å². The summed E-state index contributed by atoms with van der Waals surface area (Å²) in [5, 5.41) is 0. The molecule has 32 heavy (non-hydrogen) atoms. The van der Waals surface area contributed by atoms with Gasteiger partial charge in [0.25, 0.3) is 0 Å². The fourth-order valence-electron chi connectivity index (χ4n) is 6.93. The van der Waals surface area contributed by atoms with E-state index in [1.54, 1.807) is 0 Å². The molecule has 0 heterocycles. The Balaban J connectivity index is 1.76. The summed E-state index contributed by atoms with van der Waals surface area (Å²) in [7, 11) is 0. The van der Waals surface area contributed by atoms with Gasteiger partial charge in [-0.05, 0) is 50.5 Å². The Bertz CT molecular complexity index is 1000. The van der Waals surface area contributed by atoms with E-state index in [2.05, 4.69) is 6.92 Å². The third-order valence-corrected chi connectivity index (χ3v) is 8.49. The Morgan fingerprint density at radius 1 is 1.03 bits per heavy atom. The zero-order valence-corrected chi connectivity index (χ0v) is 19.2. The lowest BCUT2D eigenvalue weighted by Crippen LogP contribution is -2.57. The number of carbonyl (C=O) groups excluding carboxylic acids is 5. The van der Waals surface area contributed by atoms with Crippen LogP contribution in [0.1, 0.15) is 72.6 Å². The molecule has 172 valence electrons. The number of ketones is 3. The Labute approximate surface area is 187 Å². The minimum Gasteiger partial charge on any atom is -0.458 e. The molecule has 4 aliphatic carbocycles. The quantitative estimate of drug-likeness (QED) is 0.374. The van der Waals surface area contributed by atoms with Crippen molar-refractivity contribution in [1.29, 1.82) is 0 Å². The van der Waals surface area contributed by atoms with Gasteiger partial charge >= 0.3 is 11.9 Å². The van der Waals surface area contributed by atoms with E-state index in [0.29, 0.717) is 32.1 Å². The van der Waals surface area contributed by atoms with Crippen molar-refractivity contribution >= 4 is 29.3 Å². The summed E-state index contributed by atoms with van der Waals surface area (Å²) in [6.07, 6.45) is 5.54. The largest absolute Gasteiger partial charge is 0.458 e. The summed E-state index contributed by atoms with van der Waals surface area (Å²) >= 11 is 0. The first kappa shape index (κ1) is 22.6. The molecule has 0 aliphatic heterocycles. The molecule has 0 aromatic carbocycles. The van der Waals surface area contributed by atoms with Crippen LogP contribution in [0.5, 0.6) is 0 Å². The molecule has 4 rings (SSSR count). The number of Topliss-reactive ketones (excluding diaryl/α,β-unsaturated/α-hetero) is 2. The van der Waals surface area contributed by atoms with Crippen LogP contribution in [0.4, 0.5) is 0 Å². The first-order valence-electron chi connectivity index (χ1n) is 11.3. The second kappa shape index (κ2) is 7.49. The van der Waals surface area contributed by atoms with Gasteiger partial charge in [0.15, 0.2) is 12.2 Å². The van der Waals surface area contributed by atoms with Crippen molar-refractivity contribution in [1.82, 2.24) is 0 Å². The van der Waals surface area contributed by atoms with Gasteiger partial charge in [0.2, 0.25) is 17.3 Å². The van der Waals surface area contributed by atoms with Gasteiger partial charge in [0.05, 0.1) is 0 Å². The predicted octanol–water partition coefficient (Wildman–Crippen LogP) is 3.20. The van der Waals surface area contributed by atoms with Gasteiger partial charge < -0.3 is 9.47 Å². The third-order valence-electron chi connectivity index (χ3n) is 8.49. The molecule has 4 aliphatic rings. The molecular formula is C25H30O7. The van der Waals surface area contributed by atoms with Crippen LogP contribution in [-0.4, -0.2) is 41.5 Å². The molecule has 7 heteroatoms. The summed E-state index contributed by atoms with van der Waals surface area (Å²) in [6.45, 7) is 6.19.